The molecule has 2 aromatic rings. The lowest BCUT2D eigenvalue weighted by atomic mass is 9.95. The van der Waals surface area contributed by atoms with Gasteiger partial charge in [0.25, 0.3) is 0 Å². The van der Waals surface area contributed by atoms with Gasteiger partial charge in [0, 0.05) is 49.7 Å². The molecule has 0 amide bonds. The standard InChI is InChI=1S/C24H32N6.2C2HF3O2/c25-19-23-27-21(18-22(28-23)20-8-3-1-2-4-9-20)10-7-13-29-14-16-30(17-15-29)24-11-5-6-12-26-24;2*3-2(4,5)1(6)7/h5-6,11-12,18,20H,1-4,7-10,13-17H2;2*(H,6,7). The summed E-state index contributed by atoms with van der Waals surface area (Å²) in [4.78, 5) is 36.2. The summed E-state index contributed by atoms with van der Waals surface area (Å²) in [7, 11) is 0. The van der Waals surface area contributed by atoms with Gasteiger partial charge in [-0.2, -0.15) is 31.6 Å². The molecule has 4 rings (SSSR count). The van der Waals surface area contributed by atoms with Crippen LogP contribution in [0.1, 0.15) is 68.1 Å². The van der Waals surface area contributed by atoms with E-state index in [1.807, 2.05) is 12.3 Å². The van der Waals surface area contributed by atoms with E-state index in [9.17, 15) is 31.6 Å². The Balaban J connectivity index is 0.000000402. The molecule has 0 aromatic carbocycles. The zero-order chi connectivity index (χ0) is 32.8. The third kappa shape index (κ3) is 13.1. The van der Waals surface area contributed by atoms with Crippen LogP contribution < -0.4 is 4.90 Å². The summed E-state index contributed by atoms with van der Waals surface area (Å²) >= 11 is 0. The van der Waals surface area contributed by atoms with Crippen molar-refractivity contribution >= 4 is 17.8 Å². The van der Waals surface area contributed by atoms with Crippen molar-refractivity contribution in [1.29, 1.82) is 5.26 Å². The first kappa shape index (κ1) is 36.2. The number of anilines is 1. The number of piperazine rings is 1. The summed E-state index contributed by atoms with van der Waals surface area (Å²) in [5.41, 5.74) is 2.13. The Labute approximate surface area is 250 Å². The van der Waals surface area contributed by atoms with Gasteiger partial charge >= 0.3 is 24.3 Å². The number of alkyl halides is 6. The molecular formula is C28H34F6N6O4. The molecule has 1 saturated carbocycles. The minimum Gasteiger partial charge on any atom is -0.475 e. The molecule has 3 heterocycles. The maximum Gasteiger partial charge on any atom is 0.490 e. The average molecular weight is 633 g/mol. The second-order valence-electron chi connectivity index (χ2n) is 10.1. The molecule has 242 valence electrons. The second-order valence-corrected chi connectivity index (χ2v) is 10.1. The lowest BCUT2D eigenvalue weighted by molar-refractivity contribution is -0.193. The number of nitriles is 1. The maximum absolute atomic E-state index is 10.6. The number of carboxylic acid groups (broad SMARTS) is 2. The van der Waals surface area contributed by atoms with Crippen molar-refractivity contribution in [2.75, 3.05) is 37.6 Å². The summed E-state index contributed by atoms with van der Waals surface area (Å²) in [5, 5.41) is 23.6. The molecule has 2 N–H and O–H groups in total. The third-order valence-electron chi connectivity index (χ3n) is 6.91. The molecule has 10 nitrogen and oxygen atoms in total. The van der Waals surface area contributed by atoms with Crippen molar-refractivity contribution in [3.05, 3.63) is 47.7 Å². The number of aryl methyl sites for hydroxylation is 1. The molecule has 0 radical (unpaired) electrons. The van der Waals surface area contributed by atoms with Gasteiger partial charge in [-0.3, -0.25) is 4.90 Å². The van der Waals surface area contributed by atoms with Crippen LogP contribution in [-0.2, 0) is 16.0 Å². The van der Waals surface area contributed by atoms with Gasteiger partial charge in [0.2, 0.25) is 5.82 Å². The third-order valence-corrected chi connectivity index (χ3v) is 6.91. The lowest BCUT2D eigenvalue weighted by Gasteiger charge is -2.35. The fraction of sp³-hybridized carbons (Fsp3) is 0.571. The van der Waals surface area contributed by atoms with Gasteiger partial charge in [0.1, 0.15) is 11.9 Å². The highest BCUT2D eigenvalue weighted by Gasteiger charge is 2.38. The first-order chi connectivity index (χ1) is 20.7. The normalized spacial score (nSPS) is 16.3. The van der Waals surface area contributed by atoms with Crippen LogP contribution in [0.4, 0.5) is 32.2 Å². The fourth-order valence-corrected chi connectivity index (χ4v) is 4.71. The number of hydrogen-bond donors (Lipinski definition) is 2. The number of nitrogens with zero attached hydrogens (tertiary/aromatic N) is 6. The van der Waals surface area contributed by atoms with E-state index in [1.165, 1.54) is 38.5 Å². The van der Waals surface area contributed by atoms with Gasteiger partial charge in [-0.05, 0) is 50.4 Å². The van der Waals surface area contributed by atoms with Crippen LogP contribution >= 0.6 is 0 Å². The molecule has 0 unspecified atom stereocenters. The summed E-state index contributed by atoms with van der Waals surface area (Å²) in [5.74, 6) is -3.59. The van der Waals surface area contributed by atoms with Crippen LogP contribution in [-0.4, -0.2) is 87.1 Å². The van der Waals surface area contributed by atoms with Crippen molar-refractivity contribution in [1.82, 2.24) is 19.9 Å². The molecule has 2 fully saturated rings. The van der Waals surface area contributed by atoms with Gasteiger partial charge in [0.05, 0.1) is 0 Å². The molecule has 44 heavy (non-hydrogen) atoms. The first-order valence-electron chi connectivity index (χ1n) is 14.0. The highest BCUT2D eigenvalue weighted by molar-refractivity contribution is 5.73. The smallest absolute Gasteiger partial charge is 0.475 e. The number of hydrogen-bond acceptors (Lipinski definition) is 8. The molecule has 0 bridgehead atoms. The largest absolute Gasteiger partial charge is 0.490 e. The second kappa shape index (κ2) is 17.3. The summed E-state index contributed by atoms with van der Waals surface area (Å²) in [6.07, 6.45) is 1.27. The minimum atomic E-state index is -5.08. The van der Waals surface area contributed by atoms with Gasteiger partial charge < -0.3 is 15.1 Å². The van der Waals surface area contributed by atoms with E-state index in [1.54, 1.807) is 0 Å². The van der Waals surface area contributed by atoms with E-state index in [-0.39, 0.29) is 0 Å². The zero-order valence-corrected chi connectivity index (χ0v) is 23.8. The molecule has 1 aliphatic heterocycles. The molecule has 2 aliphatic rings. The van der Waals surface area contributed by atoms with Crippen molar-refractivity contribution in [3.63, 3.8) is 0 Å². The minimum absolute atomic E-state index is 0.343. The SMILES string of the molecule is N#Cc1nc(CCCN2CCN(c3ccccn3)CC2)cc(C2CCCCCC2)n1.O=C(O)C(F)(F)F.O=C(O)C(F)(F)F. The quantitative estimate of drug-likeness (QED) is 0.322. The van der Waals surface area contributed by atoms with E-state index in [4.69, 9.17) is 19.8 Å². The van der Waals surface area contributed by atoms with Crippen LogP contribution in [0.3, 0.4) is 0 Å². The fourth-order valence-electron chi connectivity index (χ4n) is 4.71. The first-order valence-corrected chi connectivity index (χ1v) is 14.0. The molecular weight excluding hydrogens is 598 g/mol. The van der Waals surface area contributed by atoms with Crippen LogP contribution in [0, 0.1) is 11.3 Å². The van der Waals surface area contributed by atoms with Crippen LogP contribution in [0.25, 0.3) is 0 Å². The van der Waals surface area contributed by atoms with Gasteiger partial charge in [0.15, 0.2) is 0 Å². The van der Waals surface area contributed by atoms with E-state index >= 15 is 0 Å². The maximum atomic E-state index is 10.6. The Morgan fingerprint density at radius 2 is 1.48 bits per heavy atom. The van der Waals surface area contributed by atoms with Crippen LogP contribution in [0.5, 0.6) is 0 Å². The predicted octanol–water partition coefficient (Wildman–Crippen LogP) is 5.20. The number of carboxylic acids is 2. The molecule has 1 aliphatic carbocycles. The van der Waals surface area contributed by atoms with Gasteiger partial charge in [-0.1, -0.05) is 31.7 Å². The Morgan fingerprint density at radius 3 is 1.95 bits per heavy atom. The number of rotatable bonds is 6. The number of aromatic nitrogens is 3. The number of carbonyl (C=O) groups is 2. The number of aliphatic carboxylic acids is 2. The molecule has 0 spiro atoms. The Morgan fingerprint density at radius 1 is 0.909 bits per heavy atom. The molecule has 0 atom stereocenters. The average Bonchev–Trinajstić information content (AvgIpc) is 3.27. The Kier molecular flexibility index (Phi) is 14.3. The molecule has 2 aromatic heterocycles. The zero-order valence-electron chi connectivity index (χ0n) is 23.8. The predicted molar refractivity (Wildman–Crippen MR) is 146 cm³/mol. The van der Waals surface area contributed by atoms with Gasteiger partial charge in [-0.25, -0.2) is 24.5 Å². The monoisotopic (exact) mass is 632 g/mol. The summed E-state index contributed by atoms with van der Waals surface area (Å²) in [6.45, 7) is 5.25. The number of halogens is 6. The van der Waals surface area contributed by atoms with Crippen molar-refractivity contribution < 1.29 is 46.1 Å². The van der Waals surface area contributed by atoms with Crippen LogP contribution in [0.15, 0.2) is 30.5 Å². The van der Waals surface area contributed by atoms with Crippen molar-refractivity contribution in [2.24, 2.45) is 0 Å². The Hall–Kier alpha value is -4.00. The van der Waals surface area contributed by atoms with E-state index < -0.39 is 24.3 Å². The molecule has 1 saturated heterocycles. The lowest BCUT2D eigenvalue weighted by Crippen LogP contribution is -2.47. The topological polar surface area (TPSA) is 144 Å². The van der Waals surface area contributed by atoms with Crippen molar-refractivity contribution in [3.8, 4) is 6.07 Å². The summed E-state index contributed by atoms with van der Waals surface area (Å²) < 4.78 is 63.5. The van der Waals surface area contributed by atoms with Crippen molar-refractivity contribution in [2.45, 2.75) is 69.6 Å². The highest BCUT2D eigenvalue weighted by atomic mass is 19.4. The van der Waals surface area contributed by atoms with Gasteiger partial charge in [-0.15, -0.1) is 0 Å². The van der Waals surface area contributed by atoms with E-state index in [0.29, 0.717) is 11.7 Å². The molecule has 16 heteroatoms. The highest BCUT2D eigenvalue weighted by Crippen LogP contribution is 2.31. The summed E-state index contributed by atoms with van der Waals surface area (Å²) in [6, 6.07) is 10.5. The number of pyridine rings is 1. The van der Waals surface area contributed by atoms with E-state index in [2.05, 4.69) is 49.0 Å². The Bertz CT molecular complexity index is 1200. The van der Waals surface area contributed by atoms with Crippen LogP contribution in [0.2, 0.25) is 0 Å². The van der Waals surface area contributed by atoms with E-state index in [0.717, 1.165) is 62.8 Å².